The second-order valence-electron chi connectivity index (χ2n) is 5.87. The molecule has 7 heteroatoms. The first kappa shape index (κ1) is 18.1. The van der Waals surface area contributed by atoms with Crippen molar-refractivity contribution in [3.05, 3.63) is 70.5 Å². The number of benzene rings is 2. The Morgan fingerprint density at radius 2 is 1.96 bits per heavy atom. The molecule has 0 spiro atoms. The van der Waals surface area contributed by atoms with Gasteiger partial charge in [-0.25, -0.2) is 8.78 Å². The Morgan fingerprint density at radius 3 is 2.65 bits per heavy atom. The van der Waals surface area contributed by atoms with Crippen LogP contribution in [0, 0.1) is 6.92 Å². The van der Waals surface area contributed by atoms with E-state index in [9.17, 15) is 13.6 Å². The van der Waals surface area contributed by atoms with Crippen LogP contribution in [0.4, 0.5) is 14.5 Å². The summed E-state index contributed by atoms with van der Waals surface area (Å²) in [5.41, 5.74) is 2.36. The van der Waals surface area contributed by atoms with Crippen molar-refractivity contribution in [1.82, 2.24) is 9.78 Å². The fourth-order valence-electron chi connectivity index (χ4n) is 2.69. The van der Waals surface area contributed by atoms with Gasteiger partial charge in [0, 0.05) is 29.5 Å². The number of aryl methyl sites for hydroxylation is 2. The molecule has 1 N–H and O–H groups in total. The Hall–Kier alpha value is -2.73. The quantitative estimate of drug-likeness (QED) is 0.678. The first-order valence-corrected chi connectivity index (χ1v) is 8.23. The number of hydrogen-bond acceptors (Lipinski definition) is 2. The van der Waals surface area contributed by atoms with Gasteiger partial charge in [0.1, 0.15) is 5.69 Å². The standard InChI is InChI=1S/C19H16ClF2N3O/c1-11-9-12(7-8-15(11)20)13-5-3-4-6-16(13)23-19(26)14-10-25(2)24-17(14)18(21)22/h3-10,18H,1-2H3,(H,23,26). The number of para-hydroxylation sites is 1. The lowest BCUT2D eigenvalue weighted by Crippen LogP contribution is -2.14. The number of alkyl halides is 2. The van der Waals surface area contributed by atoms with Crippen LogP contribution in [0.1, 0.15) is 28.0 Å². The van der Waals surface area contributed by atoms with Crippen LogP contribution in [0.25, 0.3) is 11.1 Å². The van der Waals surface area contributed by atoms with Crippen molar-refractivity contribution < 1.29 is 13.6 Å². The van der Waals surface area contributed by atoms with Gasteiger partial charge in [-0.3, -0.25) is 9.48 Å². The van der Waals surface area contributed by atoms with Crippen LogP contribution in [-0.2, 0) is 7.05 Å². The molecule has 0 bridgehead atoms. The van der Waals surface area contributed by atoms with Gasteiger partial charge in [0.25, 0.3) is 12.3 Å². The Kier molecular flexibility index (Phi) is 5.04. The number of hydrogen-bond donors (Lipinski definition) is 1. The first-order valence-electron chi connectivity index (χ1n) is 7.85. The van der Waals surface area contributed by atoms with Crippen LogP contribution >= 0.6 is 11.6 Å². The highest BCUT2D eigenvalue weighted by Gasteiger charge is 2.23. The molecule has 0 fully saturated rings. The second kappa shape index (κ2) is 7.25. The van der Waals surface area contributed by atoms with Gasteiger partial charge in [-0.05, 0) is 36.2 Å². The number of nitrogens with zero attached hydrogens (tertiary/aromatic N) is 2. The highest BCUT2D eigenvalue weighted by atomic mass is 35.5. The molecule has 0 saturated heterocycles. The van der Waals surface area contributed by atoms with Crippen LogP contribution in [-0.4, -0.2) is 15.7 Å². The lowest BCUT2D eigenvalue weighted by Gasteiger charge is -2.12. The summed E-state index contributed by atoms with van der Waals surface area (Å²) in [6.45, 7) is 1.89. The number of anilines is 1. The van der Waals surface area contributed by atoms with Gasteiger partial charge in [-0.1, -0.05) is 35.9 Å². The highest BCUT2D eigenvalue weighted by Crippen LogP contribution is 2.31. The van der Waals surface area contributed by atoms with Crippen molar-refractivity contribution in [2.75, 3.05) is 5.32 Å². The van der Waals surface area contributed by atoms with Crippen molar-refractivity contribution in [1.29, 1.82) is 0 Å². The average Bonchev–Trinajstić information content (AvgIpc) is 3.00. The average molecular weight is 376 g/mol. The maximum atomic E-state index is 13.1. The maximum Gasteiger partial charge on any atom is 0.282 e. The Labute approximate surface area is 154 Å². The van der Waals surface area contributed by atoms with E-state index in [4.69, 9.17) is 11.6 Å². The summed E-state index contributed by atoms with van der Waals surface area (Å²) in [4.78, 5) is 12.5. The molecule has 1 aromatic heterocycles. The molecule has 0 atom stereocenters. The van der Waals surface area contributed by atoms with E-state index in [-0.39, 0.29) is 5.56 Å². The molecule has 0 radical (unpaired) electrons. The van der Waals surface area contributed by atoms with Gasteiger partial charge in [0.2, 0.25) is 0 Å². The number of rotatable bonds is 4. The summed E-state index contributed by atoms with van der Waals surface area (Å²) in [5, 5.41) is 7.02. The fourth-order valence-corrected chi connectivity index (χ4v) is 2.81. The summed E-state index contributed by atoms with van der Waals surface area (Å²) in [6, 6.07) is 12.7. The van der Waals surface area contributed by atoms with Crippen LogP contribution in [0.2, 0.25) is 5.02 Å². The SMILES string of the molecule is Cc1cc(-c2ccccc2NC(=O)c2cn(C)nc2C(F)F)ccc1Cl. The molecule has 0 aliphatic rings. The number of nitrogens with one attached hydrogen (secondary N) is 1. The van der Waals surface area contributed by atoms with Gasteiger partial charge < -0.3 is 5.32 Å². The maximum absolute atomic E-state index is 13.1. The molecule has 4 nitrogen and oxygen atoms in total. The van der Waals surface area contributed by atoms with Gasteiger partial charge in [-0.2, -0.15) is 5.10 Å². The predicted molar refractivity (Wildman–Crippen MR) is 97.7 cm³/mol. The van der Waals surface area contributed by atoms with Crippen molar-refractivity contribution >= 4 is 23.2 Å². The lowest BCUT2D eigenvalue weighted by molar-refractivity contribution is 0.101. The molecule has 134 valence electrons. The minimum absolute atomic E-state index is 0.149. The van der Waals surface area contributed by atoms with Crippen LogP contribution in [0.3, 0.4) is 0 Å². The molecule has 3 aromatic rings. The second-order valence-corrected chi connectivity index (χ2v) is 6.27. The third kappa shape index (κ3) is 3.60. The van der Waals surface area contributed by atoms with Gasteiger partial charge in [0.05, 0.1) is 5.56 Å². The van der Waals surface area contributed by atoms with Crippen LogP contribution < -0.4 is 5.32 Å². The van der Waals surface area contributed by atoms with E-state index >= 15 is 0 Å². The highest BCUT2D eigenvalue weighted by molar-refractivity contribution is 6.31. The van der Waals surface area contributed by atoms with Crippen molar-refractivity contribution in [2.24, 2.45) is 7.05 Å². The van der Waals surface area contributed by atoms with Crippen LogP contribution in [0.5, 0.6) is 0 Å². The van der Waals surface area contributed by atoms with E-state index in [1.807, 2.05) is 31.2 Å². The van der Waals surface area contributed by atoms with Crippen molar-refractivity contribution in [2.45, 2.75) is 13.3 Å². The molecule has 0 aliphatic heterocycles. The molecule has 0 unspecified atom stereocenters. The van der Waals surface area contributed by atoms with E-state index < -0.39 is 18.0 Å². The minimum atomic E-state index is -2.83. The third-order valence-electron chi connectivity index (χ3n) is 3.95. The summed E-state index contributed by atoms with van der Waals surface area (Å²) in [7, 11) is 1.49. The zero-order valence-electron chi connectivity index (χ0n) is 14.1. The van der Waals surface area contributed by atoms with Crippen molar-refractivity contribution in [3.8, 4) is 11.1 Å². The Morgan fingerprint density at radius 1 is 1.23 bits per heavy atom. The molecule has 1 amide bonds. The number of carbonyl (C=O) groups is 1. The van der Waals surface area contributed by atoms with E-state index in [1.54, 1.807) is 18.2 Å². The third-order valence-corrected chi connectivity index (χ3v) is 4.38. The Bertz CT molecular complexity index is 969. The zero-order valence-corrected chi connectivity index (χ0v) is 14.9. The number of halogens is 3. The first-order chi connectivity index (χ1) is 12.4. The number of aromatic nitrogens is 2. The summed E-state index contributed by atoms with van der Waals surface area (Å²) < 4.78 is 27.4. The number of amides is 1. The normalized spacial score (nSPS) is 11.0. The minimum Gasteiger partial charge on any atom is -0.321 e. The smallest absolute Gasteiger partial charge is 0.282 e. The molecular formula is C19H16ClF2N3O. The molecule has 26 heavy (non-hydrogen) atoms. The van der Waals surface area contributed by atoms with E-state index in [1.165, 1.54) is 17.9 Å². The molecule has 1 heterocycles. The van der Waals surface area contributed by atoms with Gasteiger partial charge in [0.15, 0.2) is 0 Å². The molecule has 2 aromatic carbocycles. The van der Waals surface area contributed by atoms with Crippen molar-refractivity contribution in [3.63, 3.8) is 0 Å². The molecule has 3 rings (SSSR count). The summed E-state index contributed by atoms with van der Waals surface area (Å²) in [5.74, 6) is -0.633. The molecule has 0 aliphatic carbocycles. The van der Waals surface area contributed by atoms with Crippen LogP contribution in [0.15, 0.2) is 48.7 Å². The summed E-state index contributed by atoms with van der Waals surface area (Å²) >= 11 is 6.07. The van der Waals surface area contributed by atoms with Gasteiger partial charge in [-0.15, -0.1) is 0 Å². The molecular weight excluding hydrogens is 360 g/mol. The van der Waals surface area contributed by atoms with E-state index in [2.05, 4.69) is 10.4 Å². The fraction of sp³-hybridized carbons (Fsp3) is 0.158. The monoisotopic (exact) mass is 375 g/mol. The van der Waals surface area contributed by atoms with E-state index in [0.29, 0.717) is 10.7 Å². The number of carbonyl (C=O) groups excluding carboxylic acids is 1. The molecule has 0 saturated carbocycles. The largest absolute Gasteiger partial charge is 0.321 e. The topological polar surface area (TPSA) is 46.9 Å². The predicted octanol–water partition coefficient (Wildman–Crippen LogP) is 5.24. The van der Waals surface area contributed by atoms with E-state index in [0.717, 1.165) is 16.7 Å². The van der Waals surface area contributed by atoms with Gasteiger partial charge >= 0.3 is 0 Å². The zero-order chi connectivity index (χ0) is 18.8. The Balaban J connectivity index is 1.96. The lowest BCUT2D eigenvalue weighted by atomic mass is 10.0. The summed E-state index contributed by atoms with van der Waals surface area (Å²) in [6.07, 6.45) is -1.54.